The minimum absolute atomic E-state index is 0.0268. The number of carbonyl (C=O) groups is 2. The highest BCUT2D eigenvalue weighted by Crippen LogP contribution is 2.27. The van der Waals surface area contributed by atoms with Crippen molar-refractivity contribution in [3.63, 3.8) is 0 Å². The highest BCUT2D eigenvalue weighted by Gasteiger charge is 2.35. The fourth-order valence-electron chi connectivity index (χ4n) is 4.95. The van der Waals surface area contributed by atoms with Crippen LogP contribution in [-0.4, -0.2) is 55.8 Å². The lowest BCUT2D eigenvalue weighted by Gasteiger charge is -2.34. The molecule has 2 amide bonds. The summed E-state index contributed by atoms with van der Waals surface area (Å²) in [5.74, 6) is -0.476. The number of nitrogens with zero attached hydrogens (tertiary/aromatic N) is 3. The summed E-state index contributed by atoms with van der Waals surface area (Å²) in [6.45, 7) is 3.10. The van der Waals surface area contributed by atoms with Gasteiger partial charge < -0.3 is 15.0 Å². The molecular weight excluding hydrogens is 620 g/mol. The van der Waals surface area contributed by atoms with Gasteiger partial charge >= 0.3 is 0 Å². The summed E-state index contributed by atoms with van der Waals surface area (Å²) in [6.07, 6.45) is 0.832. The number of nitro benzene ring substituents is 1. The summed E-state index contributed by atoms with van der Waals surface area (Å²) in [5.41, 5.74) is 1.29. The predicted octanol–water partition coefficient (Wildman–Crippen LogP) is 5.35. The van der Waals surface area contributed by atoms with Gasteiger partial charge in [-0.3, -0.25) is 24.0 Å². The molecule has 4 aromatic rings. The van der Waals surface area contributed by atoms with Crippen molar-refractivity contribution in [3.05, 3.63) is 130 Å². The number of nitrogens with one attached hydrogen (secondary N) is 1. The third kappa shape index (κ3) is 8.95. The molecule has 0 fully saturated rings. The van der Waals surface area contributed by atoms with Crippen LogP contribution >= 0.6 is 0 Å². The SMILES string of the molecule is CC[C@H](C)NC(=O)[C@@H](Cc1ccccc1)N(Cc1cccc(OC)c1)C(=O)CN(c1ccc([N+](=O)[O-])cc1)S(=O)(=O)c1ccccc1. The van der Waals surface area contributed by atoms with E-state index in [-0.39, 0.29) is 41.2 Å². The number of hydrogen-bond acceptors (Lipinski definition) is 7. The van der Waals surface area contributed by atoms with E-state index in [0.717, 1.165) is 9.87 Å². The van der Waals surface area contributed by atoms with Crippen LogP contribution < -0.4 is 14.4 Å². The Balaban J connectivity index is 1.82. The number of rotatable bonds is 15. The zero-order valence-electron chi connectivity index (χ0n) is 26.5. The molecule has 12 heteroatoms. The van der Waals surface area contributed by atoms with Crippen LogP contribution in [0, 0.1) is 10.1 Å². The number of amides is 2. The Morgan fingerprint density at radius 3 is 2.11 bits per heavy atom. The van der Waals surface area contributed by atoms with Crippen LogP contribution in [0.15, 0.2) is 114 Å². The minimum atomic E-state index is -4.33. The zero-order valence-corrected chi connectivity index (χ0v) is 27.3. The Morgan fingerprint density at radius 2 is 1.51 bits per heavy atom. The van der Waals surface area contributed by atoms with Gasteiger partial charge in [0.05, 0.1) is 22.6 Å². The molecule has 0 aliphatic heterocycles. The van der Waals surface area contributed by atoms with Crippen LogP contribution in [0.3, 0.4) is 0 Å². The first-order valence-electron chi connectivity index (χ1n) is 15.1. The van der Waals surface area contributed by atoms with Gasteiger partial charge in [-0.25, -0.2) is 8.42 Å². The Hall–Kier alpha value is -5.23. The zero-order chi connectivity index (χ0) is 34.0. The molecule has 0 aliphatic rings. The molecule has 0 aliphatic carbocycles. The van der Waals surface area contributed by atoms with Crippen molar-refractivity contribution in [1.29, 1.82) is 0 Å². The average Bonchev–Trinajstić information content (AvgIpc) is 3.09. The third-order valence-electron chi connectivity index (χ3n) is 7.72. The molecular formula is C35H38N4O7S. The van der Waals surface area contributed by atoms with Crippen LogP contribution in [0.5, 0.6) is 5.75 Å². The van der Waals surface area contributed by atoms with E-state index >= 15 is 0 Å². The molecule has 0 heterocycles. The minimum Gasteiger partial charge on any atom is -0.497 e. The van der Waals surface area contributed by atoms with Crippen molar-refractivity contribution in [2.24, 2.45) is 0 Å². The second-order valence-electron chi connectivity index (χ2n) is 11.0. The molecule has 1 N–H and O–H groups in total. The summed E-state index contributed by atoms with van der Waals surface area (Å²) in [5, 5.41) is 14.3. The quantitative estimate of drug-likeness (QED) is 0.134. The van der Waals surface area contributed by atoms with Gasteiger partial charge in [-0.05, 0) is 60.9 Å². The van der Waals surface area contributed by atoms with Crippen molar-refractivity contribution in [2.45, 2.75) is 50.2 Å². The predicted molar refractivity (Wildman–Crippen MR) is 179 cm³/mol. The lowest BCUT2D eigenvalue weighted by molar-refractivity contribution is -0.384. The number of carbonyl (C=O) groups excluding carboxylic acids is 2. The van der Waals surface area contributed by atoms with Crippen molar-refractivity contribution < 1.29 is 27.7 Å². The highest BCUT2D eigenvalue weighted by molar-refractivity contribution is 7.92. The molecule has 4 rings (SSSR count). The smallest absolute Gasteiger partial charge is 0.269 e. The van der Waals surface area contributed by atoms with E-state index in [1.54, 1.807) is 42.5 Å². The van der Waals surface area contributed by atoms with E-state index in [1.807, 2.05) is 44.2 Å². The van der Waals surface area contributed by atoms with E-state index in [4.69, 9.17) is 4.74 Å². The first-order chi connectivity index (χ1) is 22.5. The highest BCUT2D eigenvalue weighted by atomic mass is 32.2. The molecule has 0 saturated heterocycles. The topological polar surface area (TPSA) is 139 Å². The molecule has 11 nitrogen and oxygen atoms in total. The van der Waals surface area contributed by atoms with Crippen molar-refractivity contribution in [2.75, 3.05) is 18.0 Å². The molecule has 0 aromatic heterocycles. The molecule has 0 bridgehead atoms. The average molecular weight is 659 g/mol. The fraction of sp³-hybridized carbons (Fsp3) is 0.257. The molecule has 2 atom stereocenters. The van der Waals surface area contributed by atoms with E-state index in [2.05, 4.69) is 5.32 Å². The normalized spacial score (nSPS) is 12.4. The van der Waals surface area contributed by atoms with Crippen LogP contribution in [0.4, 0.5) is 11.4 Å². The lowest BCUT2D eigenvalue weighted by Crippen LogP contribution is -2.54. The number of sulfonamides is 1. The van der Waals surface area contributed by atoms with Crippen LogP contribution in [0.2, 0.25) is 0 Å². The van der Waals surface area contributed by atoms with Gasteiger partial charge in [-0.15, -0.1) is 0 Å². The van der Waals surface area contributed by atoms with Gasteiger partial charge in [0, 0.05) is 31.1 Å². The number of ether oxygens (including phenoxy) is 1. The summed E-state index contributed by atoms with van der Waals surface area (Å²) in [4.78, 5) is 40.5. The first-order valence-corrected chi connectivity index (χ1v) is 16.6. The largest absolute Gasteiger partial charge is 0.497 e. The van der Waals surface area contributed by atoms with Crippen molar-refractivity contribution in [1.82, 2.24) is 10.2 Å². The number of methoxy groups -OCH3 is 1. The van der Waals surface area contributed by atoms with Gasteiger partial charge in [0.1, 0.15) is 18.3 Å². The maximum atomic E-state index is 14.5. The monoisotopic (exact) mass is 658 g/mol. The Bertz CT molecular complexity index is 1770. The second-order valence-corrected chi connectivity index (χ2v) is 12.9. The standard InChI is InChI=1S/C35H38N4O7S/c1-4-26(2)36-35(41)33(23-27-12-7-5-8-13-27)37(24-28-14-11-15-31(22-28)46-3)34(40)25-38(29-18-20-30(21-19-29)39(42)43)47(44,45)32-16-9-6-10-17-32/h5-22,26,33H,4,23-25H2,1-3H3,(H,36,41)/t26-,33+/m0/s1. The summed E-state index contributed by atoms with van der Waals surface area (Å²) >= 11 is 0. The van der Waals surface area contributed by atoms with Gasteiger partial charge in [-0.1, -0.05) is 67.6 Å². The number of anilines is 1. The maximum absolute atomic E-state index is 14.5. The van der Waals surface area contributed by atoms with Crippen LogP contribution in [0.25, 0.3) is 0 Å². The van der Waals surface area contributed by atoms with E-state index in [1.165, 1.54) is 48.4 Å². The van der Waals surface area contributed by atoms with Gasteiger partial charge in [0.15, 0.2) is 0 Å². The molecule has 4 aromatic carbocycles. The molecule has 47 heavy (non-hydrogen) atoms. The van der Waals surface area contributed by atoms with Crippen molar-refractivity contribution in [3.8, 4) is 5.75 Å². The number of hydrogen-bond donors (Lipinski definition) is 1. The lowest BCUT2D eigenvalue weighted by atomic mass is 10.0. The second kappa shape index (κ2) is 15.9. The number of benzene rings is 4. The molecule has 0 radical (unpaired) electrons. The maximum Gasteiger partial charge on any atom is 0.269 e. The van der Waals surface area contributed by atoms with E-state index < -0.39 is 33.4 Å². The summed E-state index contributed by atoms with van der Waals surface area (Å²) < 4.78 is 34.4. The van der Waals surface area contributed by atoms with Gasteiger partial charge in [0.2, 0.25) is 11.8 Å². The van der Waals surface area contributed by atoms with Gasteiger partial charge in [0.25, 0.3) is 15.7 Å². The van der Waals surface area contributed by atoms with Crippen molar-refractivity contribution >= 4 is 33.2 Å². The van der Waals surface area contributed by atoms with E-state index in [9.17, 15) is 28.1 Å². The fourth-order valence-corrected chi connectivity index (χ4v) is 6.39. The first kappa shape index (κ1) is 34.6. The van der Waals surface area contributed by atoms with Crippen LogP contribution in [0.1, 0.15) is 31.4 Å². The molecule has 0 spiro atoms. The van der Waals surface area contributed by atoms with E-state index in [0.29, 0.717) is 17.7 Å². The number of nitro groups is 1. The molecule has 0 saturated carbocycles. The van der Waals surface area contributed by atoms with Crippen LogP contribution in [-0.2, 0) is 32.6 Å². The molecule has 0 unspecified atom stereocenters. The summed E-state index contributed by atoms with van der Waals surface area (Å²) in [6, 6.07) is 27.7. The molecule has 246 valence electrons. The summed E-state index contributed by atoms with van der Waals surface area (Å²) in [7, 11) is -2.81. The Labute approximate surface area is 275 Å². The third-order valence-corrected chi connectivity index (χ3v) is 9.51. The number of non-ortho nitro benzene ring substituents is 1. The van der Waals surface area contributed by atoms with Gasteiger partial charge in [-0.2, -0.15) is 0 Å². The Kier molecular flexibility index (Phi) is 11.7. The Morgan fingerprint density at radius 1 is 0.894 bits per heavy atom.